The Morgan fingerprint density at radius 3 is 2.97 bits per heavy atom. The van der Waals surface area contributed by atoms with Gasteiger partial charge in [0.1, 0.15) is 29.2 Å². The molecule has 4 N–H and O–H groups in total. The summed E-state index contributed by atoms with van der Waals surface area (Å²) >= 11 is 0. The van der Waals surface area contributed by atoms with Gasteiger partial charge in [0.2, 0.25) is 5.91 Å². The molecule has 3 heterocycles. The van der Waals surface area contributed by atoms with Gasteiger partial charge in [-0.3, -0.25) is 9.79 Å². The van der Waals surface area contributed by atoms with Gasteiger partial charge in [-0.05, 0) is 24.4 Å². The SMILES string of the molecule is NC(C(=O)N1CC[C@H](Oc2ccc3c(c2C(=O)O)OB(O)CC3)C1)C1=CCC=N1. The van der Waals surface area contributed by atoms with Gasteiger partial charge in [0.05, 0.1) is 12.2 Å². The molecule has 29 heavy (non-hydrogen) atoms. The van der Waals surface area contributed by atoms with Crippen molar-refractivity contribution in [2.75, 3.05) is 13.1 Å². The van der Waals surface area contributed by atoms with Crippen molar-refractivity contribution in [1.82, 2.24) is 4.90 Å². The second kappa shape index (κ2) is 7.88. The zero-order chi connectivity index (χ0) is 20.5. The highest BCUT2D eigenvalue weighted by Crippen LogP contribution is 2.37. The first-order valence-electron chi connectivity index (χ1n) is 9.61. The number of likely N-dealkylation sites (tertiary alicyclic amines) is 1. The minimum absolute atomic E-state index is 0.104. The van der Waals surface area contributed by atoms with Crippen LogP contribution in [0.3, 0.4) is 0 Å². The maximum atomic E-state index is 12.6. The molecule has 1 amide bonds. The Labute approximate surface area is 167 Å². The fourth-order valence-corrected chi connectivity index (χ4v) is 3.83. The number of aryl methyl sites for hydroxylation is 1. The number of carbonyl (C=O) groups excluding carboxylic acids is 1. The molecule has 0 radical (unpaired) electrons. The molecule has 0 saturated carbocycles. The second-order valence-electron chi connectivity index (χ2n) is 7.31. The smallest absolute Gasteiger partial charge is 0.522 e. The van der Waals surface area contributed by atoms with Crippen LogP contribution < -0.4 is 15.1 Å². The Morgan fingerprint density at radius 1 is 1.41 bits per heavy atom. The lowest BCUT2D eigenvalue weighted by atomic mass is 9.78. The Hall–Kier alpha value is -2.85. The number of benzene rings is 1. The minimum atomic E-state index is -1.19. The summed E-state index contributed by atoms with van der Waals surface area (Å²) < 4.78 is 11.3. The molecule has 1 aromatic carbocycles. The second-order valence-corrected chi connectivity index (χ2v) is 7.31. The number of carbonyl (C=O) groups is 2. The Balaban J connectivity index is 1.48. The minimum Gasteiger partial charge on any atom is -0.535 e. The van der Waals surface area contributed by atoms with Crippen LogP contribution >= 0.6 is 0 Å². The number of ether oxygens (including phenoxy) is 1. The molecule has 1 fully saturated rings. The topological polar surface area (TPSA) is 135 Å². The number of hydrogen-bond donors (Lipinski definition) is 3. The van der Waals surface area contributed by atoms with Crippen LogP contribution in [-0.4, -0.2) is 65.5 Å². The number of carboxylic acid groups (broad SMARTS) is 1. The van der Waals surface area contributed by atoms with E-state index < -0.39 is 19.1 Å². The maximum Gasteiger partial charge on any atom is 0.522 e. The van der Waals surface area contributed by atoms with Crippen LogP contribution in [-0.2, 0) is 11.2 Å². The molecule has 0 aliphatic carbocycles. The Bertz CT molecular complexity index is 902. The quantitative estimate of drug-likeness (QED) is 0.613. The average Bonchev–Trinajstić information content (AvgIpc) is 3.38. The van der Waals surface area contributed by atoms with E-state index >= 15 is 0 Å². The van der Waals surface area contributed by atoms with E-state index in [1.165, 1.54) is 0 Å². The number of nitrogens with zero attached hydrogens (tertiary/aromatic N) is 2. The van der Waals surface area contributed by atoms with E-state index in [2.05, 4.69) is 4.99 Å². The van der Waals surface area contributed by atoms with Crippen molar-refractivity contribution in [2.45, 2.75) is 37.7 Å². The highest BCUT2D eigenvalue weighted by Gasteiger charge is 2.34. The molecule has 4 rings (SSSR count). The van der Waals surface area contributed by atoms with Gasteiger partial charge in [-0.1, -0.05) is 12.1 Å². The molecular weight excluding hydrogens is 377 g/mol. The van der Waals surface area contributed by atoms with Crippen molar-refractivity contribution in [3.63, 3.8) is 0 Å². The molecule has 0 aromatic heterocycles. The standard InChI is InChI=1S/C19H22BN3O6/c21-16(13-2-1-8-22-13)18(24)23-9-6-12(10-23)28-14-4-3-11-5-7-20(27)29-17(11)15(14)19(25)26/h2-4,8,12,16,27H,1,5-7,9-10,21H2,(H,25,26)/t12-,16?/m0/s1. The van der Waals surface area contributed by atoms with Gasteiger partial charge in [0.15, 0.2) is 0 Å². The van der Waals surface area contributed by atoms with Crippen LogP contribution in [0, 0.1) is 0 Å². The number of aromatic carboxylic acids is 1. The van der Waals surface area contributed by atoms with E-state index in [4.69, 9.17) is 15.1 Å². The zero-order valence-electron chi connectivity index (χ0n) is 15.8. The van der Waals surface area contributed by atoms with Crippen molar-refractivity contribution in [2.24, 2.45) is 10.7 Å². The first-order chi connectivity index (χ1) is 13.9. The van der Waals surface area contributed by atoms with E-state index in [-0.39, 0.29) is 29.1 Å². The number of nitrogens with two attached hydrogens (primary N) is 1. The summed E-state index contributed by atoms with van der Waals surface area (Å²) in [6, 6.07) is 2.56. The molecule has 10 heteroatoms. The van der Waals surface area contributed by atoms with Crippen LogP contribution in [0.5, 0.6) is 11.5 Å². The van der Waals surface area contributed by atoms with Crippen LogP contribution in [0.4, 0.5) is 0 Å². The molecule has 1 unspecified atom stereocenters. The normalized spacial score (nSPS) is 21.4. The number of allylic oxidation sites excluding steroid dienone is 1. The lowest BCUT2D eigenvalue weighted by molar-refractivity contribution is -0.130. The van der Waals surface area contributed by atoms with Crippen molar-refractivity contribution in [3.05, 3.63) is 35.0 Å². The van der Waals surface area contributed by atoms with Gasteiger partial charge in [0, 0.05) is 25.6 Å². The van der Waals surface area contributed by atoms with E-state index in [0.717, 1.165) is 5.56 Å². The van der Waals surface area contributed by atoms with Gasteiger partial charge in [-0.2, -0.15) is 0 Å². The molecular formula is C19H22BN3O6. The summed E-state index contributed by atoms with van der Waals surface area (Å²) in [6.45, 7) is 0.778. The summed E-state index contributed by atoms with van der Waals surface area (Å²) in [5.74, 6) is -1.11. The molecule has 0 bridgehead atoms. The third kappa shape index (κ3) is 3.85. The molecule has 2 atom stereocenters. The average molecular weight is 399 g/mol. The van der Waals surface area contributed by atoms with E-state index in [9.17, 15) is 19.7 Å². The number of aliphatic imine (C=N–C) groups is 1. The lowest BCUT2D eigenvalue weighted by Crippen LogP contribution is -2.44. The number of fused-ring (bicyclic) bond motifs is 1. The van der Waals surface area contributed by atoms with Gasteiger partial charge in [-0.15, -0.1) is 0 Å². The first kappa shape index (κ1) is 19.5. The van der Waals surface area contributed by atoms with Crippen molar-refractivity contribution < 1.29 is 29.1 Å². The van der Waals surface area contributed by atoms with Gasteiger partial charge < -0.3 is 30.2 Å². The third-order valence-electron chi connectivity index (χ3n) is 5.34. The summed E-state index contributed by atoms with van der Waals surface area (Å²) in [6.07, 6.45) is 5.34. The third-order valence-corrected chi connectivity index (χ3v) is 5.34. The van der Waals surface area contributed by atoms with Crippen LogP contribution in [0.1, 0.15) is 28.8 Å². The number of carboxylic acids is 1. The predicted molar refractivity (Wildman–Crippen MR) is 105 cm³/mol. The van der Waals surface area contributed by atoms with Crippen molar-refractivity contribution >= 4 is 25.2 Å². The fraction of sp³-hybridized carbons (Fsp3) is 0.421. The van der Waals surface area contributed by atoms with Crippen LogP contribution in [0.2, 0.25) is 6.32 Å². The summed E-state index contributed by atoms with van der Waals surface area (Å²) in [7, 11) is -1.04. The molecule has 1 saturated heterocycles. The highest BCUT2D eigenvalue weighted by atomic mass is 16.5. The Kier molecular flexibility index (Phi) is 5.29. The summed E-state index contributed by atoms with van der Waals surface area (Å²) in [4.78, 5) is 30.2. The number of hydrogen-bond acceptors (Lipinski definition) is 7. The van der Waals surface area contributed by atoms with Gasteiger partial charge in [-0.25, -0.2) is 4.79 Å². The number of amides is 1. The molecule has 152 valence electrons. The van der Waals surface area contributed by atoms with Crippen LogP contribution in [0.25, 0.3) is 0 Å². The van der Waals surface area contributed by atoms with Gasteiger partial charge >= 0.3 is 13.1 Å². The monoisotopic (exact) mass is 399 g/mol. The number of rotatable bonds is 5. The predicted octanol–water partition coefficient (Wildman–Crippen LogP) is 0.466. The molecule has 3 aliphatic heterocycles. The Morgan fingerprint density at radius 2 is 2.24 bits per heavy atom. The van der Waals surface area contributed by atoms with Gasteiger partial charge in [0.25, 0.3) is 0 Å². The molecule has 3 aliphatic rings. The summed E-state index contributed by atoms with van der Waals surface area (Å²) in [5, 5.41) is 19.4. The fourth-order valence-electron chi connectivity index (χ4n) is 3.83. The maximum absolute atomic E-state index is 12.6. The molecule has 9 nitrogen and oxygen atoms in total. The van der Waals surface area contributed by atoms with E-state index in [1.807, 2.05) is 6.08 Å². The van der Waals surface area contributed by atoms with E-state index in [1.54, 1.807) is 23.2 Å². The highest BCUT2D eigenvalue weighted by molar-refractivity contribution is 6.44. The zero-order valence-corrected chi connectivity index (χ0v) is 15.8. The lowest BCUT2D eigenvalue weighted by Gasteiger charge is -2.24. The molecule has 1 aromatic rings. The molecule has 0 spiro atoms. The largest absolute Gasteiger partial charge is 0.535 e. The van der Waals surface area contributed by atoms with Crippen molar-refractivity contribution in [1.29, 1.82) is 0 Å². The first-order valence-corrected chi connectivity index (χ1v) is 9.61. The van der Waals surface area contributed by atoms with E-state index in [0.29, 0.717) is 44.4 Å². The van der Waals surface area contributed by atoms with Crippen LogP contribution in [0.15, 0.2) is 28.9 Å². The van der Waals surface area contributed by atoms with Crippen molar-refractivity contribution in [3.8, 4) is 11.5 Å². The summed E-state index contributed by atoms with van der Waals surface area (Å²) in [5.41, 5.74) is 7.21.